The van der Waals surface area contributed by atoms with Crippen LogP contribution in [0, 0.1) is 0 Å². The average Bonchev–Trinajstić information content (AvgIpc) is 2.79. The van der Waals surface area contributed by atoms with Gasteiger partial charge in [0.15, 0.2) is 0 Å². The van der Waals surface area contributed by atoms with E-state index in [4.69, 9.17) is 5.73 Å². The number of fused-ring (bicyclic) bond motifs is 1. The van der Waals surface area contributed by atoms with Crippen molar-refractivity contribution in [3.8, 4) is 0 Å². The summed E-state index contributed by atoms with van der Waals surface area (Å²) < 4.78 is 0. The molecule has 4 heteroatoms. The van der Waals surface area contributed by atoms with Crippen molar-refractivity contribution < 1.29 is 4.79 Å². The van der Waals surface area contributed by atoms with E-state index in [0.717, 1.165) is 25.7 Å². The summed E-state index contributed by atoms with van der Waals surface area (Å²) in [6, 6.07) is 8.51. The Morgan fingerprint density at radius 3 is 2.85 bits per heavy atom. The molecule has 1 amide bonds. The summed E-state index contributed by atoms with van der Waals surface area (Å²) in [5.74, 6) is 0.413. The van der Waals surface area contributed by atoms with Crippen LogP contribution in [0.3, 0.4) is 0 Å². The van der Waals surface area contributed by atoms with Crippen molar-refractivity contribution in [1.82, 2.24) is 5.32 Å². The van der Waals surface area contributed by atoms with Gasteiger partial charge in [-0.05, 0) is 37.3 Å². The lowest BCUT2D eigenvalue weighted by Crippen LogP contribution is -2.52. The second-order valence-electron chi connectivity index (χ2n) is 5.81. The summed E-state index contributed by atoms with van der Waals surface area (Å²) in [6.45, 7) is 4.56. The van der Waals surface area contributed by atoms with Gasteiger partial charge in [-0.3, -0.25) is 4.79 Å². The van der Waals surface area contributed by atoms with Crippen molar-refractivity contribution in [2.24, 2.45) is 5.73 Å². The number of nitrogens with two attached hydrogens (primary N) is 1. The predicted octanol–water partition coefficient (Wildman–Crippen LogP) is 2.77. The van der Waals surface area contributed by atoms with Gasteiger partial charge in [0.1, 0.15) is 0 Å². The van der Waals surface area contributed by atoms with Crippen molar-refractivity contribution >= 4 is 18.3 Å². The number of hydrogen-bond donors (Lipinski definition) is 2. The maximum absolute atomic E-state index is 12.1. The molecule has 2 atom stereocenters. The van der Waals surface area contributed by atoms with Gasteiger partial charge >= 0.3 is 0 Å². The van der Waals surface area contributed by atoms with Crippen molar-refractivity contribution in [3.63, 3.8) is 0 Å². The third kappa shape index (κ3) is 3.74. The fraction of sp³-hybridized carbons (Fsp3) is 0.562. The van der Waals surface area contributed by atoms with Crippen LogP contribution >= 0.6 is 12.4 Å². The number of aryl methyl sites for hydroxylation is 1. The molecule has 0 bridgehead atoms. The zero-order valence-electron chi connectivity index (χ0n) is 12.3. The Hall–Kier alpha value is -1.06. The lowest BCUT2D eigenvalue weighted by Gasteiger charge is -2.24. The van der Waals surface area contributed by atoms with E-state index in [2.05, 4.69) is 29.6 Å². The Labute approximate surface area is 127 Å². The van der Waals surface area contributed by atoms with E-state index in [-0.39, 0.29) is 18.3 Å². The molecule has 0 aromatic heterocycles. The standard InChI is InChI=1S/C16H24N2O.ClH/c1-3-10-16(2,17)15(19)18-11-13-9-8-12-6-4-5-7-14(12)13;/h4-7,13H,3,8-11,17H2,1-2H3,(H,18,19);1H. The molecule has 1 aromatic carbocycles. The maximum Gasteiger partial charge on any atom is 0.239 e. The van der Waals surface area contributed by atoms with Crippen LogP contribution in [0.15, 0.2) is 24.3 Å². The predicted molar refractivity (Wildman–Crippen MR) is 85.3 cm³/mol. The Morgan fingerprint density at radius 1 is 1.45 bits per heavy atom. The van der Waals surface area contributed by atoms with E-state index in [1.807, 2.05) is 13.8 Å². The molecule has 3 nitrogen and oxygen atoms in total. The molecule has 112 valence electrons. The number of carbonyl (C=O) groups is 1. The van der Waals surface area contributed by atoms with Crippen LogP contribution in [-0.2, 0) is 11.2 Å². The monoisotopic (exact) mass is 296 g/mol. The van der Waals surface area contributed by atoms with E-state index in [1.54, 1.807) is 0 Å². The first kappa shape index (κ1) is 17.0. The van der Waals surface area contributed by atoms with Gasteiger partial charge in [0.25, 0.3) is 0 Å². The number of nitrogens with one attached hydrogen (secondary N) is 1. The van der Waals surface area contributed by atoms with E-state index in [9.17, 15) is 4.79 Å². The highest BCUT2D eigenvalue weighted by molar-refractivity contribution is 5.85. The molecule has 1 aliphatic carbocycles. The topological polar surface area (TPSA) is 55.1 Å². The average molecular weight is 297 g/mol. The van der Waals surface area contributed by atoms with E-state index in [0.29, 0.717) is 12.5 Å². The lowest BCUT2D eigenvalue weighted by atomic mass is 9.95. The molecule has 3 N–H and O–H groups in total. The van der Waals surface area contributed by atoms with Crippen LogP contribution in [0.1, 0.15) is 50.2 Å². The summed E-state index contributed by atoms with van der Waals surface area (Å²) in [5.41, 5.74) is 8.10. The molecule has 1 aromatic rings. The normalized spacial score (nSPS) is 19.6. The Balaban J connectivity index is 0.00000200. The lowest BCUT2D eigenvalue weighted by molar-refractivity contribution is -0.126. The van der Waals surface area contributed by atoms with Gasteiger partial charge in [-0.15, -0.1) is 12.4 Å². The molecule has 20 heavy (non-hydrogen) atoms. The minimum atomic E-state index is -0.743. The zero-order valence-corrected chi connectivity index (χ0v) is 13.1. The second kappa shape index (κ2) is 7.09. The van der Waals surface area contributed by atoms with Gasteiger partial charge in [0, 0.05) is 12.5 Å². The van der Waals surface area contributed by atoms with Crippen molar-refractivity contribution in [2.75, 3.05) is 6.54 Å². The molecule has 2 unspecified atom stereocenters. The fourth-order valence-corrected chi connectivity index (χ4v) is 2.91. The van der Waals surface area contributed by atoms with Crippen molar-refractivity contribution in [1.29, 1.82) is 0 Å². The van der Waals surface area contributed by atoms with Crippen LogP contribution in [0.4, 0.5) is 0 Å². The summed E-state index contributed by atoms with van der Waals surface area (Å²) in [7, 11) is 0. The smallest absolute Gasteiger partial charge is 0.239 e. The molecule has 0 heterocycles. The summed E-state index contributed by atoms with van der Waals surface area (Å²) in [4.78, 5) is 12.1. The first-order valence-electron chi connectivity index (χ1n) is 7.19. The van der Waals surface area contributed by atoms with Crippen LogP contribution in [0.5, 0.6) is 0 Å². The number of rotatable bonds is 5. The molecule has 0 radical (unpaired) electrons. The van der Waals surface area contributed by atoms with Crippen molar-refractivity contribution in [3.05, 3.63) is 35.4 Å². The fourth-order valence-electron chi connectivity index (χ4n) is 2.91. The Morgan fingerprint density at radius 2 is 2.15 bits per heavy atom. The number of halogens is 1. The highest BCUT2D eigenvalue weighted by Gasteiger charge is 2.29. The van der Waals surface area contributed by atoms with E-state index < -0.39 is 5.54 Å². The minimum absolute atomic E-state index is 0. The minimum Gasteiger partial charge on any atom is -0.354 e. The highest BCUT2D eigenvalue weighted by Crippen LogP contribution is 2.32. The van der Waals surface area contributed by atoms with Gasteiger partial charge in [-0.25, -0.2) is 0 Å². The van der Waals surface area contributed by atoms with Gasteiger partial charge in [-0.1, -0.05) is 37.6 Å². The number of amides is 1. The van der Waals surface area contributed by atoms with Crippen molar-refractivity contribution in [2.45, 2.75) is 51.0 Å². The molecule has 0 saturated carbocycles. The zero-order chi connectivity index (χ0) is 13.9. The maximum atomic E-state index is 12.1. The Kier molecular flexibility index (Phi) is 6.03. The first-order chi connectivity index (χ1) is 9.04. The van der Waals surface area contributed by atoms with Crippen LogP contribution in [-0.4, -0.2) is 18.0 Å². The summed E-state index contributed by atoms with van der Waals surface area (Å²) >= 11 is 0. The number of benzene rings is 1. The molecule has 0 aliphatic heterocycles. The van der Waals surface area contributed by atoms with Gasteiger partial charge < -0.3 is 11.1 Å². The quantitative estimate of drug-likeness (QED) is 0.878. The van der Waals surface area contributed by atoms with Gasteiger partial charge in [0.05, 0.1) is 5.54 Å². The van der Waals surface area contributed by atoms with Crippen LogP contribution in [0.25, 0.3) is 0 Å². The summed E-state index contributed by atoms with van der Waals surface area (Å²) in [5, 5.41) is 3.03. The molecular formula is C16H25ClN2O. The first-order valence-corrected chi connectivity index (χ1v) is 7.19. The van der Waals surface area contributed by atoms with E-state index >= 15 is 0 Å². The number of carbonyl (C=O) groups excluding carboxylic acids is 1. The molecule has 0 spiro atoms. The molecule has 0 saturated heterocycles. The highest BCUT2D eigenvalue weighted by atomic mass is 35.5. The van der Waals surface area contributed by atoms with E-state index in [1.165, 1.54) is 11.1 Å². The molecular weight excluding hydrogens is 272 g/mol. The largest absolute Gasteiger partial charge is 0.354 e. The second-order valence-corrected chi connectivity index (χ2v) is 5.81. The van der Waals surface area contributed by atoms with Gasteiger partial charge in [-0.2, -0.15) is 0 Å². The van der Waals surface area contributed by atoms with Crippen LogP contribution < -0.4 is 11.1 Å². The Bertz CT molecular complexity index is 460. The summed E-state index contributed by atoms with van der Waals surface area (Å²) in [6.07, 6.45) is 3.88. The molecule has 2 rings (SSSR count). The van der Waals surface area contributed by atoms with Crippen LogP contribution in [0.2, 0.25) is 0 Å². The third-order valence-electron chi connectivity index (χ3n) is 4.05. The number of hydrogen-bond acceptors (Lipinski definition) is 2. The van der Waals surface area contributed by atoms with Gasteiger partial charge in [0.2, 0.25) is 5.91 Å². The SMILES string of the molecule is CCCC(C)(N)C(=O)NCC1CCc2ccccc21.Cl. The molecule has 0 fully saturated rings. The molecule has 1 aliphatic rings. The third-order valence-corrected chi connectivity index (χ3v) is 4.05.